The minimum atomic E-state index is -0.00101. The Morgan fingerprint density at radius 3 is 2.39 bits per heavy atom. The molecule has 0 N–H and O–H groups in total. The Morgan fingerprint density at radius 1 is 1.07 bits per heavy atom. The van der Waals surface area contributed by atoms with Crippen molar-refractivity contribution in [3.8, 4) is 17.2 Å². The first kappa shape index (κ1) is 18.2. The van der Waals surface area contributed by atoms with Crippen LogP contribution in [-0.2, 0) is 7.05 Å². The van der Waals surface area contributed by atoms with Crippen LogP contribution < -0.4 is 9.64 Å². The Morgan fingerprint density at radius 2 is 1.79 bits per heavy atom. The predicted octanol–water partition coefficient (Wildman–Crippen LogP) is 2.96. The number of rotatable bonds is 4. The van der Waals surface area contributed by atoms with Gasteiger partial charge >= 0.3 is 0 Å². The molecule has 3 heterocycles. The first-order valence-corrected chi connectivity index (χ1v) is 9.34. The summed E-state index contributed by atoms with van der Waals surface area (Å²) in [5.74, 6) is 2.34. The van der Waals surface area contributed by atoms with Crippen LogP contribution in [-0.4, -0.2) is 53.9 Å². The zero-order valence-electron chi connectivity index (χ0n) is 16.4. The summed E-state index contributed by atoms with van der Waals surface area (Å²) in [5.41, 5.74) is 2.39. The van der Waals surface area contributed by atoms with E-state index in [0.29, 0.717) is 30.2 Å². The number of ether oxygens (including phenoxy) is 1. The van der Waals surface area contributed by atoms with Crippen molar-refractivity contribution in [3.63, 3.8) is 0 Å². The van der Waals surface area contributed by atoms with Crippen molar-refractivity contribution >= 4 is 11.6 Å². The highest BCUT2D eigenvalue weighted by atomic mass is 16.5. The number of benzene rings is 1. The SMILES string of the molecule is COc1ccc(N2CCN(C(=O)c3cc(-c4ccc(C)o4)nn3C)CC2)cc1. The molecule has 1 fully saturated rings. The lowest BCUT2D eigenvalue weighted by Crippen LogP contribution is -2.49. The molecule has 146 valence electrons. The zero-order chi connectivity index (χ0) is 19.7. The van der Waals surface area contributed by atoms with Crippen molar-refractivity contribution in [2.24, 2.45) is 7.05 Å². The molecule has 0 unspecified atom stereocenters. The number of anilines is 1. The molecular weight excluding hydrogens is 356 g/mol. The third-order valence-electron chi connectivity index (χ3n) is 5.10. The van der Waals surface area contributed by atoms with Gasteiger partial charge in [-0.25, -0.2) is 0 Å². The largest absolute Gasteiger partial charge is 0.497 e. The summed E-state index contributed by atoms with van der Waals surface area (Å²) in [6, 6.07) is 13.6. The number of piperazine rings is 1. The Kier molecular flexibility index (Phi) is 4.81. The lowest BCUT2D eigenvalue weighted by molar-refractivity contribution is 0.0735. The van der Waals surface area contributed by atoms with Crippen LogP contribution in [0.25, 0.3) is 11.5 Å². The molecule has 7 nitrogen and oxygen atoms in total. The van der Waals surface area contributed by atoms with E-state index in [-0.39, 0.29) is 5.91 Å². The molecule has 0 radical (unpaired) electrons. The van der Waals surface area contributed by atoms with E-state index in [1.807, 2.05) is 36.1 Å². The number of amides is 1. The van der Waals surface area contributed by atoms with Crippen molar-refractivity contribution in [2.75, 3.05) is 38.2 Å². The zero-order valence-corrected chi connectivity index (χ0v) is 16.4. The van der Waals surface area contributed by atoms with Gasteiger partial charge in [0.2, 0.25) is 0 Å². The third-order valence-corrected chi connectivity index (χ3v) is 5.10. The van der Waals surface area contributed by atoms with Gasteiger partial charge in [0.15, 0.2) is 5.76 Å². The van der Waals surface area contributed by atoms with Crippen molar-refractivity contribution in [2.45, 2.75) is 6.92 Å². The second-order valence-electron chi connectivity index (χ2n) is 6.93. The summed E-state index contributed by atoms with van der Waals surface area (Å²) in [6.45, 7) is 4.82. The van der Waals surface area contributed by atoms with Crippen LogP contribution in [0.3, 0.4) is 0 Å². The molecule has 0 bridgehead atoms. The summed E-state index contributed by atoms with van der Waals surface area (Å²) < 4.78 is 12.5. The highest BCUT2D eigenvalue weighted by Gasteiger charge is 2.25. The number of furan rings is 1. The van der Waals surface area contributed by atoms with Gasteiger partial charge in [0, 0.05) is 45.0 Å². The normalized spacial score (nSPS) is 14.4. The maximum absolute atomic E-state index is 13.0. The van der Waals surface area contributed by atoms with Crippen LogP contribution in [0.5, 0.6) is 5.75 Å². The van der Waals surface area contributed by atoms with E-state index in [1.54, 1.807) is 24.9 Å². The van der Waals surface area contributed by atoms with Crippen LogP contribution >= 0.6 is 0 Å². The van der Waals surface area contributed by atoms with E-state index < -0.39 is 0 Å². The first-order valence-electron chi connectivity index (χ1n) is 9.34. The lowest BCUT2D eigenvalue weighted by atomic mass is 10.2. The monoisotopic (exact) mass is 380 g/mol. The van der Waals surface area contributed by atoms with E-state index in [0.717, 1.165) is 30.3 Å². The summed E-state index contributed by atoms with van der Waals surface area (Å²) in [4.78, 5) is 17.2. The maximum atomic E-state index is 13.0. The number of aryl methyl sites for hydroxylation is 2. The van der Waals surface area contributed by atoms with E-state index in [9.17, 15) is 4.79 Å². The van der Waals surface area contributed by atoms with Gasteiger partial charge in [-0.15, -0.1) is 0 Å². The summed E-state index contributed by atoms with van der Waals surface area (Å²) in [7, 11) is 3.45. The first-order chi connectivity index (χ1) is 13.5. The fourth-order valence-corrected chi connectivity index (χ4v) is 3.48. The van der Waals surface area contributed by atoms with E-state index in [4.69, 9.17) is 9.15 Å². The number of carbonyl (C=O) groups is 1. The molecule has 2 aromatic heterocycles. The van der Waals surface area contributed by atoms with Crippen LogP contribution in [0.1, 0.15) is 16.2 Å². The molecule has 1 aliphatic heterocycles. The fourth-order valence-electron chi connectivity index (χ4n) is 3.48. The van der Waals surface area contributed by atoms with Gasteiger partial charge in [-0.1, -0.05) is 0 Å². The highest BCUT2D eigenvalue weighted by Crippen LogP contribution is 2.23. The molecule has 1 aliphatic rings. The number of hydrogen-bond acceptors (Lipinski definition) is 5. The van der Waals surface area contributed by atoms with Crippen LogP contribution in [0.2, 0.25) is 0 Å². The maximum Gasteiger partial charge on any atom is 0.272 e. The number of hydrogen-bond donors (Lipinski definition) is 0. The molecule has 0 atom stereocenters. The molecule has 4 rings (SSSR count). The molecular formula is C21H24N4O3. The Balaban J connectivity index is 1.43. The van der Waals surface area contributed by atoms with Gasteiger partial charge in [-0.2, -0.15) is 5.10 Å². The summed E-state index contributed by atoms with van der Waals surface area (Å²) in [6.07, 6.45) is 0. The number of methoxy groups -OCH3 is 1. The molecule has 28 heavy (non-hydrogen) atoms. The minimum Gasteiger partial charge on any atom is -0.497 e. The van der Waals surface area contributed by atoms with Crippen LogP contribution in [0, 0.1) is 6.92 Å². The quantitative estimate of drug-likeness (QED) is 0.696. The molecule has 1 aromatic carbocycles. The van der Waals surface area contributed by atoms with Gasteiger partial charge < -0.3 is 19.0 Å². The standard InChI is InChI=1S/C21H24N4O3/c1-15-4-9-20(28-15)18-14-19(23(2)22-18)21(26)25-12-10-24(11-13-25)16-5-7-17(27-3)8-6-16/h4-9,14H,10-13H2,1-3H3. The second-order valence-corrected chi connectivity index (χ2v) is 6.93. The topological polar surface area (TPSA) is 63.7 Å². The second kappa shape index (κ2) is 7.42. The molecule has 1 amide bonds. The molecule has 7 heteroatoms. The fraction of sp³-hybridized carbons (Fsp3) is 0.333. The van der Waals surface area contributed by atoms with Gasteiger partial charge in [-0.3, -0.25) is 9.48 Å². The molecule has 0 aliphatic carbocycles. The highest BCUT2D eigenvalue weighted by molar-refractivity contribution is 5.93. The van der Waals surface area contributed by atoms with Crippen LogP contribution in [0.4, 0.5) is 5.69 Å². The average Bonchev–Trinajstić information content (AvgIpc) is 3.33. The van der Waals surface area contributed by atoms with Gasteiger partial charge in [-0.05, 0) is 43.3 Å². The molecule has 1 saturated heterocycles. The van der Waals surface area contributed by atoms with Crippen molar-refractivity contribution in [1.82, 2.24) is 14.7 Å². The smallest absolute Gasteiger partial charge is 0.272 e. The van der Waals surface area contributed by atoms with Crippen LogP contribution in [0.15, 0.2) is 46.9 Å². The van der Waals surface area contributed by atoms with Gasteiger partial charge in [0.25, 0.3) is 5.91 Å². The minimum absolute atomic E-state index is 0.00101. The molecule has 3 aromatic rings. The third kappa shape index (κ3) is 3.47. The number of nitrogens with zero attached hydrogens (tertiary/aromatic N) is 4. The summed E-state index contributed by atoms with van der Waals surface area (Å²) >= 11 is 0. The molecule has 0 saturated carbocycles. The van der Waals surface area contributed by atoms with E-state index in [2.05, 4.69) is 22.1 Å². The van der Waals surface area contributed by atoms with Gasteiger partial charge in [0.05, 0.1) is 7.11 Å². The summed E-state index contributed by atoms with van der Waals surface area (Å²) in [5, 5.41) is 4.44. The predicted molar refractivity (Wildman–Crippen MR) is 107 cm³/mol. The average molecular weight is 380 g/mol. The number of carbonyl (C=O) groups excluding carboxylic acids is 1. The van der Waals surface area contributed by atoms with E-state index >= 15 is 0 Å². The lowest BCUT2D eigenvalue weighted by Gasteiger charge is -2.36. The molecule has 0 spiro atoms. The van der Waals surface area contributed by atoms with Crippen molar-refractivity contribution < 1.29 is 13.9 Å². The van der Waals surface area contributed by atoms with Gasteiger partial charge in [0.1, 0.15) is 22.9 Å². The number of aromatic nitrogens is 2. The van der Waals surface area contributed by atoms with Crippen molar-refractivity contribution in [3.05, 3.63) is 53.9 Å². The Bertz CT molecular complexity index is 966. The Labute approximate surface area is 164 Å². The Hall–Kier alpha value is -3.22. The van der Waals surface area contributed by atoms with Crippen molar-refractivity contribution in [1.29, 1.82) is 0 Å². The van der Waals surface area contributed by atoms with E-state index in [1.165, 1.54) is 0 Å².